The fourth-order valence-corrected chi connectivity index (χ4v) is 3.66. The Morgan fingerprint density at radius 2 is 1.94 bits per heavy atom. The van der Waals surface area contributed by atoms with Gasteiger partial charge in [0.2, 0.25) is 5.88 Å². The van der Waals surface area contributed by atoms with Gasteiger partial charge in [0.05, 0.1) is 18.7 Å². The number of hydrogen-bond donors (Lipinski definition) is 1. The lowest BCUT2D eigenvalue weighted by Gasteiger charge is -2.22. The molecule has 0 bridgehead atoms. The van der Waals surface area contributed by atoms with E-state index in [0.29, 0.717) is 25.3 Å². The van der Waals surface area contributed by atoms with Gasteiger partial charge in [-0.05, 0) is 30.7 Å². The lowest BCUT2D eigenvalue weighted by atomic mass is 10.1. The van der Waals surface area contributed by atoms with E-state index in [1.165, 1.54) is 6.07 Å². The van der Waals surface area contributed by atoms with Gasteiger partial charge in [-0.1, -0.05) is 24.3 Å². The van der Waals surface area contributed by atoms with Crippen molar-refractivity contribution in [1.82, 2.24) is 4.98 Å². The van der Waals surface area contributed by atoms with Crippen LogP contribution >= 0.6 is 0 Å². The Morgan fingerprint density at radius 3 is 2.62 bits per heavy atom. The minimum Gasteiger partial charge on any atom is -0.472 e. The number of pyridine rings is 1. The van der Waals surface area contributed by atoms with E-state index in [9.17, 15) is 18.3 Å². The fourth-order valence-electron chi connectivity index (χ4n) is 3.66. The summed E-state index contributed by atoms with van der Waals surface area (Å²) in [6.07, 6.45) is -3.21. The van der Waals surface area contributed by atoms with Crippen LogP contribution in [-0.2, 0) is 12.8 Å². The van der Waals surface area contributed by atoms with E-state index in [-0.39, 0.29) is 18.6 Å². The van der Waals surface area contributed by atoms with Crippen molar-refractivity contribution in [2.75, 3.05) is 18.0 Å². The van der Waals surface area contributed by atoms with Crippen LogP contribution in [0.5, 0.6) is 17.4 Å². The van der Waals surface area contributed by atoms with Crippen LogP contribution < -0.4 is 14.4 Å². The summed E-state index contributed by atoms with van der Waals surface area (Å²) < 4.78 is 50.0. The second-order valence-electron chi connectivity index (χ2n) is 7.67. The van der Waals surface area contributed by atoms with E-state index >= 15 is 0 Å². The van der Waals surface area contributed by atoms with Gasteiger partial charge in [0, 0.05) is 42.5 Å². The summed E-state index contributed by atoms with van der Waals surface area (Å²) in [6.45, 7) is 3.04. The number of aryl methyl sites for hydroxylation is 1. The average Bonchev–Trinajstić information content (AvgIpc) is 3.23. The van der Waals surface area contributed by atoms with E-state index in [1.54, 1.807) is 0 Å². The van der Waals surface area contributed by atoms with Gasteiger partial charge in [-0.15, -0.1) is 0 Å². The molecule has 0 spiro atoms. The van der Waals surface area contributed by atoms with Crippen LogP contribution in [0, 0.1) is 6.92 Å². The summed E-state index contributed by atoms with van der Waals surface area (Å²) >= 11 is 0. The van der Waals surface area contributed by atoms with Crippen molar-refractivity contribution in [3.8, 4) is 17.4 Å². The van der Waals surface area contributed by atoms with Crippen molar-refractivity contribution in [3.05, 3.63) is 77.5 Å². The molecule has 32 heavy (non-hydrogen) atoms. The van der Waals surface area contributed by atoms with Gasteiger partial charge < -0.3 is 19.5 Å². The topological polar surface area (TPSA) is 54.8 Å². The zero-order valence-corrected chi connectivity index (χ0v) is 17.5. The van der Waals surface area contributed by atoms with Crippen LogP contribution in [0.4, 0.5) is 18.9 Å². The molecule has 0 unspecified atom stereocenters. The first-order chi connectivity index (χ1) is 15.3. The van der Waals surface area contributed by atoms with E-state index in [0.717, 1.165) is 34.8 Å². The SMILES string of the molecule is Cc1ccccc1Oc1ccc(CO)c(N2CC[C@H](Oc3ccc(C(F)(F)F)cn3)C2)c1. The molecule has 3 aromatic rings. The minimum atomic E-state index is -4.43. The van der Waals surface area contributed by atoms with Crippen molar-refractivity contribution < 1.29 is 27.8 Å². The van der Waals surface area contributed by atoms with Crippen molar-refractivity contribution in [3.63, 3.8) is 0 Å². The first-order valence-electron chi connectivity index (χ1n) is 10.3. The number of halogens is 3. The maximum absolute atomic E-state index is 12.7. The molecule has 1 N–H and O–H groups in total. The number of rotatable bonds is 6. The largest absolute Gasteiger partial charge is 0.472 e. The Hall–Kier alpha value is -3.26. The number of nitrogens with zero attached hydrogens (tertiary/aromatic N) is 2. The third-order valence-electron chi connectivity index (χ3n) is 5.39. The number of benzene rings is 2. The number of aliphatic hydroxyl groups is 1. The highest BCUT2D eigenvalue weighted by Crippen LogP contribution is 2.33. The third-order valence-corrected chi connectivity index (χ3v) is 5.39. The van der Waals surface area contributed by atoms with Gasteiger partial charge in [-0.25, -0.2) is 4.98 Å². The van der Waals surface area contributed by atoms with Crippen molar-refractivity contribution in [1.29, 1.82) is 0 Å². The van der Waals surface area contributed by atoms with E-state index in [1.807, 2.05) is 49.4 Å². The van der Waals surface area contributed by atoms with Crippen LogP contribution in [-0.4, -0.2) is 29.3 Å². The molecule has 1 saturated heterocycles. The Morgan fingerprint density at radius 1 is 1.12 bits per heavy atom. The highest BCUT2D eigenvalue weighted by molar-refractivity contribution is 5.58. The van der Waals surface area contributed by atoms with Gasteiger partial charge in [0.1, 0.15) is 17.6 Å². The molecule has 1 fully saturated rings. The van der Waals surface area contributed by atoms with Crippen molar-refractivity contribution in [2.45, 2.75) is 32.2 Å². The molecule has 0 radical (unpaired) electrons. The average molecular weight is 444 g/mol. The summed E-state index contributed by atoms with van der Waals surface area (Å²) in [5.74, 6) is 1.57. The van der Waals surface area contributed by atoms with E-state index in [4.69, 9.17) is 9.47 Å². The minimum absolute atomic E-state index is 0.123. The van der Waals surface area contributed by atoms with Crippen LogP contribution in [0.2, 0.25) is 0 Å². The van der Waals surface area contributed by atoms with Gasteiger partial charge in [-0.2, -0.15) is 13.2 Å². The van der Waals surface area contributed by atoms with Crippen LogP contribution in [0.25, 0.3) is 0 Å². The van der Waals surface area contributed by atoms with Gasteiger partial charge in [0.15, 0.2) is 0 Å². The number of anilines is 1. The molecule has 0 aliphatic carbocycles. The molecule has 5 nitrogen and oxygen atoms in total. The predicted octanol–water partition coefficient (Wildman–Crippen LogP) is 5.35. The second kappa shape index (κ2) is 9.08. The normalized spacial score (nSPS) is 16.3. The summed E-state index contributed by atoms with van der Waals surface area (Å²) in [6, 6.07) is 15.4. The predicted molar refractivity (Wildman–Crippen MR) is 114 cm³/mol. The number of aromatic nitrogens is 1. The molecular weight excluding hydrogens is 421 g/mol. The van der Waals surface area contributed by atoms with E-state index < -0.39 is 11.7 Å². The zero-order valence-electron chi connectivity index (χ0n) is 17.5. The van der Waals surface area contributed by atoms with Crippen molar-refractivity contribution in [2.24, 2.45) is 0 Å². The van der Waals surface area contributed by atoms with Crippen molar-refractivity contribution >= 4 is 5.69 Å². The number of para-hydroxylation sites is 1. The molecule has 0 saturated carbocycles. The maximum atomic E-state index is 12.7. The molecular formula is C24H23F3N2O3. The van der Waals surface area contributed by atoms with Crippen LogP contribution in [0.3, 0.4) is 0 Å². The summed E-state index contributed by atoms with van der Waals surface area (Å²) in [7, 11) is 0. The molecule has 2 aromatic carbocycles. The van der Waals surface area contributed by atoms with Gasteiger partial charge in [0.25, 0.3) is 0 Å². The molecule has 2 heterocycles. The number of alkyl halides is 3. The highest BCUT2D eigenvalue weighted by Gasteiger charge is 2.31. The maximum Gasteiger partial charge on any atom is 0.417 e. The summed E-state index contributed by atoms with van der Waals surface area (Å²) in [5.41, 5.74) is 1.80. The lowest BCUT2D eigenvalue weighted by molar-refractivity contribution is -0.137. The quantitative estimate of drug-likeness (QED) is 0.555. The monoisotopic (exact) mass is 444 g/mol. The van der Waals surface area contributed by atoms with Gasteiger partial charge >= 0.3 is 6.18 Å². The highest BCUT2D eigenvalue weighted by atomic mass is 19.4. The summed E-state index contributed by atoms with van der Waals surface area (Å²) in [5, 5.41) is 9.80. The Bertz CT molecular complexity index is 1070. The molecule has 4 rings (SSSR count). The lowest BCUT2D eigenvalue weighted by Crippen LogP contribution is -2.25. The number of hydrogen-bond acceptors (Lipinski definition) is 5. The zero-order chi connectivity index (χ0) is 22.7. The molecule has 1 aromatic heterocycles. The van der Waals surface area contributed by atoms with Crippen LogP contribution in [0.1, 0.15) is 23.1 Å². The number of ether oxygens (including phenoxy) is 2. The van der Waals surface area contributed by atoms with Crippen LogP contribution in [0.15, 0.2) is 60.8 Å². The Labute approximate surface area is 184 Å². The third kappa shape index (κ3) is 4.96. The number of aliphatic hydroxyl groups excluding tert-OH is 1. The standard InChI is InChI=1S/C24H23F3N2O3/c1-16-4-2-3-5-22(16)31-19-8-6-17(15-30)21(12-19)29-11-10-20(14-29)32-23-9-7-18(13-28-23)24(25,26)27/h2-9,12-13,20,30H,10-11,14-15H2,1H3/t20-/m0/s1. The first kappa shape index (κ1) is 22.0. The van der Waals surface area contributed by atoms with E-state index in [2.05, 4.69) is 9.88 Å². The molecule has 1 atom stereocenters. The second-order valence-corrected chi connectivity index (χ2v) is 7.67. The Balaban J connectivity index is 1.46. The fraction of sp³-hybridized carbons (Fsp3) is 0.292. The smallest absolute Gasteiger partial charge is 0.417 e. The van der Waals surface area contributed by atoms with Gasteiger partial charge in [-0.3, -0.25) is 0 Å². The molecule has 1 aliphatic heterocycles. The molecule has 168 valence electrons. The first-order valence-corrected chi connectivity index (χ1v) is 10.3. The summed E-state index contributed by atoms with van der Waals surface area (Å²) in [4.78, 5) is 5.86. The molecule has 8 heteroatoms. The molecule has 0 amide bonds. The molecule has 1 aliphatic rings. The Kier molecular flexibility index (Phi) is 6.23.